The summed E-state index contributed by atoms with van der Waals surface area (Å²) >= 11 is 3.03. The Hall–Kier alpha value is -2.11. The number of nitrogens with one attached hydrogen (secondary N) is 1. The fraction of sp³-hybridized carbons (Fsp3) is 0.565. The lowest BCUT2D eigenvalue weighted by Gasteiger charge is -2.30. The van der Waals surface area contributed by atoms with Gasteiger partial charge in [-0.3, -0.25) is 9.59 Å². The smallest absolute Gasteiger partial charge is 0.246 e. The summed E-state index contributed by atoms with van der Waals surface area (Å²) in [5.74, 6) is 2.04. The van der Waals surface area contributed by atoms with Crippen LogP contribution in [0.25, 0.3) is 0 Å². The zero-order valence-corrected chi connectivity index (χ0v) is 22.2. The predicted molar refractivity (Wildman–Crippen MR) is 138 cm³/mol. The van der Waals surface area contributed by atoms with Crippen LogP contribution in [-0.2, 0) is 20.8 Å². The maximum absolute atomic E-state index is 12.7. The molecular formula is C23H33BN5O3S2. The normalized spacial score (nSPS) is 15.1. The zero-order valence-electron chi connectivity index (χ0n) is 20.5. The Kier molecular flexibility index (Phi) is 10.4. The van der Waals surface area contributed by atoms with Gasteiger partial charge in [0.05, 0.1) is 22.4 Å². The number of aromatic nitrogens is 2. The molecule has 3 rings (SSSR count). The van der Waals surface area contributed by atoms with Crippen molar-refractivity contribution in [2.45, 2.75) is 49.0 Å². The van der Waals surface area contributed by atoms with Crippen molar-refractivity contribution in [1.82, 2.24) is 19.8 Å². The molecule has 0 aliphatic carbocycles. The average molecular weight is 502 g/mol. The highest BCUT2D eigenvalue weighted by Gasteiger charge is 2.27. The standard InChI is InChI=1S/C23H33N5O3S2.B/c1-23(2,3)17-13-24-18(31-17)15-32-20-14-25-22(33-20)26-21(30)16-8-11-28(12-9-16)19(29)7-6-10-27(4)5;/h6-7,13-14,16H,8-12,15H2,1-5H3,(H,25,26,30);/b7-6+;. The van der Waals surface area contributed by atoms with Gasteiger partial charge in [-0.25, -0.2) is 9.97 Å². The number of carbonyl (C=O) groups excluding carboxylic acids is 2. The number of carbonyl (C=O) groups is 2. The molecule has 2 aromatic heterocycles. The highest BCUT2D eigenvalue weighted by molar-refractivity contribution is 8.00. The lowest BCUT2D eigenvalue weighted by molar-refractivity contribution is -0.130. The predicted octanol–water partition coefficient (Wildman–Crippen LogP) is 3.64. The highest BCUT2D eigenvalue weighted by atomic mass is 32.2. The van der Waals surface area contributed by atoms with Crippen molar-refractivity contribution in [3.8, 4) is 0 Å². The minimum absolute atomic E-state index is 0. The maximum Gasteiger partial charge on any atom is 0.246 e. The summed E-state index contributed by atoms with van der Waals surface area (Å²) in [7, 11) is 3.92. The van der Waals surface area contributed by atoms with Crippen LogP contribution in [0.15, 0.2) is 33.2 Å². The molecule has 1 saturated heterocycles. The molecule has 8 nitrogen and oxygen atoms in total. The Balaban J connectivity index is 0.00000408. The Labute approximate surface area is 212 Å². The fourth-order valence-electron chi connectivity index (χ4n) is 3.28. The number of amides is 2. The number of rotatable bonds is 8. The first-order valence-electron chi connectivity index (χ1n) is 11.1. The molecule has 0 saturated carbocycles. The molecule has 1 N–H and O–H groups in total. The van der Waals surface area contributed by atoms with Crippen molar-refractivity contribution in [3.63, 3.8) is 0 Å². The molecule has 183 valence electrons. The van der Waals surface area contributed by atoms with Crippen LogP contribution >= 0.6 is 23.1 Å². The fourth-order valence-corrected chi connectivity index (χ4v) is 5.01. The Morgan fingerprint density at radius 3 is 2.59 bits per heavy atom. The Morgan fingerprint density at radius 1 is 1.26 bits per heavy atom. The number of piperidine rings is 1. The summed E-state index contributed by atoms with van der Waals surface area (Å²) in [6.45, 7) is 8.19. The van der Waals surface area contributed by atoms with Gasteiger partial charge in [-0.05, 0) is 26.9 Å². The summed E-state index contributed by atoms with van der Waals surface area (Å²) in [5.41, 5.74) is -0.0654. The molecule has 3 heterocycles. The number of hydrogen-bond acceptors (Lipinski definition) is 8. The molecule has 0 bridgehead atoms. The van der Waals surface area contributed by atoms with Crippen molar-refractivity contribution >= 4 is 48.5 Å². The monoisotopic (exact) mass is 502 g/mol. The molecule has 1 aliphatic heterocycles. The third-order valence-corrected chi connectivity index (χ3v) is 7.35. The number of likely N-dealkylation sites (N-methyl/N-ethyl adjacent to an activating group) is 1. The van der Waals surface area contributed by atoms with Crippen LogP contribution in [0.3, 0.4) is 0 Å². The van der Waals surface area contributed by atoms with Crippen LogP contribution in [0.2, 0.25) is 0 Å². The second-order valence-electron chi connectivity index (χ2n) is 9.39. The van der Waals surface area contributed by atoms with Gasteiger partial charge in [0, 0.05) is 45.5 Å². The number of likely N-dealkylation sites (tertiary alicyclic amines) is 1. The highest BCUT2D eigenvalue weighted by Crippen LogP contribution is 2.32. The first-order valence-corrected chi connectivity index (χ1v) is 12.9. The van der Waals surface area contributed by atoms with E-state index < -0.39 is 0 Å². The molecule has 0 aromatic carbocycles. The molecule has 0 unspecified atom stereocenters. The minimum Gasteiger partial charge on any atom is -0.444 e. The molecular weight excluding hydrogens is 469 g/mol. The van der Waals surface area contributed by atoms with E-state index in [-0.39, 0.29) is 31.6 Å². The minimum atomic E-state index is -0.108. The van der Waals surface area contributed by atoms with Gasteiger partial charge in [-0.1, -0.05) is 38.2 Å². The van der Waals surface area contributed by atoms with E-state index in [0.717, 1.165) is 16.5 Å². The largest absolute Gasteiger partial charge is 0.444 e. The van der Waals surface area contributed by atoms with Gasteiger partial charge in [0.15, 0.2) is 5.13 Å². The lowest BCUT2D eigenvalue weighted by atomic mass is 9.94. The van der Waals surface area contributed by atoms with Gasteiger partial charge < -0.3 is 19.5 Å². The molecule has 0 spiro atoms. The quantitative estimate of drug-likeness (QED) is 0.335. The van der Waals surface area contributed by atoms with E-state index in [9.17, 15) is 9.59 Å². The number of hydrogen-bond donors (Lipinski definition) is 1. The van der Waals surface area contributed by atoms with Crippen LogP contribution in [0.5, 0.6) is 0 Å². The van der Waals surface area contributed by atoms with Gasteiger partial charge in [-0.2, -0.15) is 0 Å². The van der Waals surface area contributed by atoms with E-state index in [2.05, 4.69) is 36.1 Å². The van der Waals surface area contributed by atoms with Crippen molar-refractivity contribution in [3.05, 3.63) is 36.2 Å². The summed E-state index contributed by atoms with van der Waals surface area (Å²) < 4.78 is 6.82. The molecule has 11 heteroatoms. The molecule has 2 amide bonds. The maximum atomic E-state index is 12.7. The van der Waals surface area contributed by atoms with Gasteiger partial charge in [0.1, 0.15) is 5.76 Å². The van der Waals surface area contributed by atoms with E-state index in [1.165, 1.54) is 11.3 Å². The number of nitrogens with zero attached hydrogens (tertiary/aromatic N) is 4. The Morgan fingerprint density at radius 2 is 1.97 bits per heavy atom. The summed E-state index contributed by atoms with van der Waals surface area (Å²) in [6.07, 6.45) is 8.35. The van der Waals surface area contributed by atoms with E-state index in [1.807, 2.05) is 30.0 Å². The van der Waals surface area contributed by atoms with Crippen molar-refractivity contribution < 1.29 is 14.0 Å². The van der Waals surface area contributed by atoms with Crippen LogP contribution in [0.1, 0.15) is 45.3 Å². The van der Waals surface area contributed by atoms with Crippen LogP contribution in [0, 0.1) is 5.92 Å². The molecule has 2 aromatic rings. The second-order valence-corrected chi connectivity index (χ2v) is 11.7. The number of anilines is 1. The third-order valence-electron chi connectivity index (χ3n) is 5.25. The van der Waals surface area contributed by atoms with Gasteiger partial charge in [0.2, 0.25) is 17.7 Å². The third kappa shape index (κ3) is 8.28. The number of thiazole rings is 1. The molecule has 3 radical (unpaired) electrons. The van der Waals surface area contributed by atoms with Crippen LogP contribution < -0.4 is 5.32 Å². The lowest BCUT2D eigenvalue weighted by Crippen LogP contribution is -2.40. The summed E-state index contributed by atoms with van der Waals surface area (Å²) in [6, 6.07) is 0. The van der Waals surface area contributed by atoms with Gasteiger partial charge >= 0.3 is 0 Å². The van der Waals surface area contributed by atoms with Crippen molar-refractivity contribution in [2.24, 2.45) is 5.92 Å². The first kappa shape index (κ1) is 28.1. The average Bonchev–Trinajstić information content (AvgIpc) is 3.41. The van der Waals surface area contributed by atoms with Crippen molar-refractivity contribution in [1.29, 1.82) is 0 Å². The first-order chi connectivity index (χ1) is 15.6. The molecule has 34 heavy (non-hydrogen) atoms. The van der Waals surface area contributed by atoms with E-state index >= 15 is 0 Å². The van der Waals surface area contributed by atoms with E-state index in [1.54, 1.807) is 30.2 Å². The topological polar surface area (TPSA) is 91.6 Å². The molecule has 1 aliphatic rings. The molecule has 0 atom stereocenters. The zero-order chi connectivity index (χ0) is 24.0. The Bertz CT molecular complexity index is 975. The summed E-state index contributed by atoms with van der Waals surface area (Å²) in [4.78, 5) is 37.4. The van der Waals surface area contributed by atoms with E-state index in [4.69, 9.17) is 4.42 Å². The van der Waals surface area contributed by atoms with Crippen LogP contribution in [-0.4, -0.2) is 73.7 Å². The molecule has 1 fully saturated rings. The van der Waals surface area contributed by atoms with Gasteiger partial charge in [0.25, 0.3) is 0 Å². The number of thioether (sulfide) groups is 1. The second kappa shape index (κ2) is 12.6. The van der Waals surface area contributed by atoms with Crippen LogP contribution in [0.4, 0.5) is 5.13 Å². The number of oxazole rings is 1. The van der Waals surface area contributed by atoms with Crippen molar-refractivity contribution in [2.75, 3.05) is 39.0 Å². The summed E-state index contributed by atoms with van der Waals surface area (Å²) in [5, 5.41) is 3.53. The SMILES string of the molecule is CN(C)C/C=C/C(=O)N1CCC(C(=O)Nc2ncc(SCc3ncc(C(C)(C)C)o3)s2)CC1.[B]. The van der Waals surface area contributed by atoms with Gasteiger partial charge in [-0.15, -0.1) is 11.8 Å². The van der Waals surface area contributed by atoms with E-state index in [0.29, 0.717) is 42.7 Å².